The molecule has 0 fully saturated rings. The normalized spacial score (nSPS) is 12.7. The van der Waals surface area contributed by atoms with Crippen molar-refractivity contribution in [2.45, 2.75) is 25.1 Å². The van der Waals surface area contributed by atoms with E-state index in [1.54, 1.807) is 6.26 Å². The zero-order chi connectivity index (χ0) is 11.5. The molecule has 84 valence electrons. The molecule has 2 heteroatoms. The Morgan fingerprint density at radius 3 is 2.69 bits per heavy atom. The van der Waals surface area contributed by atoms with Crippen LogP contribution >= 0.6 is 15.9 Å². The molecule has 16 heavy (non-hydrogen) atoms. The van der Waals surface area contributed by atoms with E-state index in [1.807, 2.05) is 13.0 Å². The molecule has 0 aliphatic carbocycles. The van der Waals surface area contributed by atoms with Gasteiger partial charge in [0.2, 0.25) is 0 Å². The molecule has 0 spiro atoms. The fourth-order valence-corrected chi connectivity index (χ4v) is 2.72. The minimum absolute atomic E-state index is 0.327. The average Bonchev–Trinajstić information content (AvgIpc) is 2.64. The molecule has 0 bridgehead atoms. The summed E-state index contributed by atoms with van der Waals surface area (Å²) in [5, 5.41) is 0. The summed E-state index contributed by atoms with van der Waals surface area (Å²) in [6, 6.07) is 10.6. The molecule has 0 N–H and O–H groups in total. The summed E-state index contributed by atoms with van der Waals surface area (Å²) in [6.45, 7) is 4.12. The van der Waals surface area contributed by atoms with Gasteiger partial charge in [-0.2, -0.15) is 0 Å². The third-order valence-corrected chi connectivity index (χ3v) is 3.55. The molecule has 1 aromatic heterocycles. The molecule has 0 radical (unpaired) electrons. The van der Waals surface area contributed by atoms with Crippen LogP contribution in [0.4, 0.5) is 0 Å². The van der Waals surface area contributed by atoms with Gasteiger partial charge < -0.3 is 4.42 Å². The van der Waals surface area contributed by atoms with Gasteiger partial charge in [0.05, 0.1) is 6.26 Å². The number of aryl methyl sites for hydroxylation is 2. The van der Waals surface area contributed by atoms with Gasteiger partial charge in [0.15, 0.2) is 0 Å². The van der Waals surface area contributed by atoms with Crippen LogP contribution in [-0.2, 0) is 6.42 Å². The minimum Gasteiger partial charge on any atom is -0.469 e. The molecular formula is C14H15BrO. The van der Waals surface area contributed by atoms with Crippen molar-refractivity contribution >= 4 is 15.9 Å². The lowest BCUT2D eigenvalue weighted by Crippen LogP contribution is -1.95. The van der Waals surface area contributed by atoms with Crippen LogP contribution in [0.1, 0.15) is 27.3 Å². The van der Waals surface area contributed by atoms with Gasteiger partial charge in [-0.3, -0.25) is 0 Å². The molecule has 0 aliphatic heterocycles. The number of hydrogen-bond donors (Lipinski definition) is 0. The Hall–Kier alpha value is -1.02. The van der Waals surface area contributed by atoms with Gasteiger partial charge >= 0.3 is 0 Å². The molecule has 1 heterocycles. The summed E-state index contributed by atoms with van der Waals surface area (Å²) in [4.78, 5) is 0.327. The topological polar surface area (TPSA) is 13.1 Å². The molecule has 0 saturated heterocycles. The van der Waals surface area contributed by atoms with Crippen LogP contribution in [0.2, 0.25) is 0 Å². The summed E-state index contributed by atoms with van der Waals surface area (Å²) in [7, 11) is 0. The summed E-state index contributed by atoms with van der Waals surface area (Å²) >= 11 is 3.72. The van der Waals surface area contributed by atoms with Crippen molar-refractivity contribution in [2.24, 2.45) is 0 Å². The van der Waals surface area contributed by atoms with Crippen LogP contribution in [-0.4, -0.2) is 0 Å². The maximum absolute atomic E-state index is 5.32. The Kier molecular flexibility index (Phi) is 3.49. The highest BCUT2D eigenvalue weighted by atomic mass is 79.9. The highest BCUT2D eigenvalue weighted by Gasteiger charge is 2.12. The van der Waals surface area contributed by atoms with E-state index in [1.165, 1.54) is 16.7 Å². The first-order valence-corrected chi connectivity index (χ1v) is 6.32. The maximum atomic E-state index is 5.32. The van der Waals surface area contributed by atoms with Crippen molar-refractivity contribution in [3.05, 3.63) is 59.0 Å². The van der Waals surface area contributed by atoms with Gasteiger partial charge in [0, 0.05) is 10.4 Å². The number of furan rings is 1. The Bertz CT molecular complexity index is 473. The number of rotatable bonds is 3. The van der Waals surface area contributed by atoms with Crippen LogP contribution in [0.15, 0.2) is 41.0 Å². The Balaban J connectivity index is 2.14. The number of benzene rings is 1. The molecule has 1 atom stereocenters. The van der Waals surface area contributed by atoms with Crippen molar-refractivity contribution < 1.29 is 4.42 Å². The third kappa shape index (κ3) is 2.56. The maximum Gasteiger partial charge on any atom is 0.105 e. The van der Waals surface area contributed by atoms with Gasteiger partial charge in [-0.05, 0) is 31.9 Å². The van der Waals surface area contributed by atoms with Gasteiger partial charge in [0.1, 0.15) is 5.76 Å². The highest BCUT2D eigenvalue weighted by molar-refractivity contribution is 9.09. The first-order chi connectivity index (χ1) is 7.66. The molecule has 0 saturated carbocycles. The van der Waals surface area contributed by atoms with Crippen LogP contribution < -0.4 is 0 Å². The van der Waals surface area contributed by atoms with Gasteiger partial charge in [-0.1, -0.05) is 45.8 Å². The van der Waals surface area contributed by atoms with Crippen molar-refractivity contribution in [3.8, 4) is 0 Å². The van der Waals surface area contributed by atoms with Crippen LogP contribution in [0.5, 0.6) is 0 Å². The van der Waals surface area contributed by atoms with Gasteiger partial charge in [-0.25, -0.2) is 0 Å². The first-order valence-electron chi connectivity index (χ1n) is 5.40. The molecule has 1 aromatic carbocycles. The Morgan fingerprint density at radius 2 is 2.06 bits per heavy atom. The largest absolute Gasteiger partial charge is 0.469 e. The van der Waals surface area contributed by atoms with E-state index in [4.69, 9.17) is 4.42 Å². The van der Waals surface area contributed by atoms with E-state index in [2.05, 4.69) is 47.1 Å². The van der Waals surface area contributed by atoms with E-state index in [0.717, 1.165) is 12.2 Å². The third-order valence-electron chi connectivity index (χ3n) is 2.73. The monoisotopic (exact) mass is 278 g/mol. The predicted octanol–water partition coefficient (Wildman–Crippen LogP) is 4.58. The molecule has 1 nitrogen and oxygen atoms in total. The fourth-order valence-electron chi connectivity index (χ4n) is 1.88. The van der Waals surface area contributed by atoms with Gasteiger partial charge in [0.25, 0.3) is 0 Å². The second-order valence-corrected chi connectivity index (χ2v) is 5.20. The molecule has 1 unspecified atom stereocenters. The smallest absolute Gasteiger partial charge is 0.105 e. The molecule has 0 amide bonds. The van der Waals surface area contributed by atoms with Crippen LogP contribution in [0.3, 0.4) is 0 Å². The molecule has 2 rings (SSSR count). The molecular weight excluding hydrogens is 264 g/mol. The predicted molar refractivity (Wildman–Crippen MR) is 70.0 cm³/mol. The lowest BCUT2D eigenvalue weighted by atomic mass is 10.0. The van der Waals surface area contributed by atoms with Crippen LogP contribution in [0.25, 0.3) is 0 Å². The first kappa shape index (κ1) is 11.5. The SMILES string of the molecule is Cc1cccc(CC(Br)c2ccoc2C)c1. The molecule has 2 aromatic rings. The summed E-state index contributed by atoms with van der Waals surface area (Å²) in [5.41, 5.74) is 3.89. The quantitative estimate of drug-likeness (QED) is 0.750. The lowest BCUT2D eigenvalue weighted by Gasteiger charge is -2.09. The second-order valence-electron chi connectivity index (χ2n) is 4.09. The van der Waals surface area contributed by atoms with E-state index in [9.17, 15) is 0 Å². The van der Waals surface area contributed by atoms with E-state index < -0.39 is 0 Å². The Labute approximate surface area is 105 Å². The highest BCUT2D eigenvalue weighted by Crippen LogP contribution is 2.30. The van der Waals surface area contributed by atoms with Crippen molar-refractivity contribution in [1.82, 2.24) is 0 Å². The van der Waals surface area contributed by atoms with E-state index >= 15 is 0 Å². The summed E-state index contributed by atoms with van der Waals surface area (Å²) < 4.78 is 5.32. The summed E-state index contributed by atoms with van der Waals surface area (Å²) in [6.07, 6.45) is 2.73. The van der Waals surface area contributed by atoms with Crippen molar-refractivity contribution in [2.75, 3.05) is 0 Å². The summed E-state index contributed by atoms with van der Waals surface area (Å²) in [5.74, 6) is 0.995. The zero-order valence-electron chi connectivity index (χ0n) is 9.53. The molecule has 0 aliphatic rings. The van der Waals surface area contributed by atoms with E-state index in [-0.39, 0.29) is 0 Å². The van der Waals surface area contributed by atoms with Crippen molar-refractivity contribution in [1.29, 1.82) is 0 Å². The second kappa shape index (κ2) is 4.88. The Morgan fingerprint density at radius 1 is 1.25 bits per heavy atom. The van der Waals surface area contributed by atoms with Crippen LogP contribution in [0, 0.1) is 13.8 Å². The standard InChI is InChI=1S/C14H15BrO/c1-10-4-3-5-12(8-10)9-14(15)13-6-7-16-11(13)2/h3-8,14H,9H2,1-2H3. The number of alkyl halides is 1. The van der Waals surface area contributed by atoms with E-state index in [0.29, 0.717) is 4.83 Å². The number of halogens is 1. The van der Waals surface area contributed by atoms with Gasteiger partial charge in [-0.15, -0.1) is 0 Å². The average molecular weight is 279 g/mol. The fraction of sp³-hybridized carbons (Fsp3) is 0.286. The zero-order valence-corrected chi connectivity index (χ0v) is 11.1. The minimum atomic E-state index is 0.327. The van der Waals surface area contributed by atoms with Crippen molar-refractivity contribution in [3.63, 3.8) is 0 Å². The lowest BCUT2D eigenvalue weighted by molar-refractivity contribution is 0.529. The number of hydrogen-bond acceptors (Lipinski definition) is 1.